The standard InChI is InChI=1S/C52H66N2O10/c1-2-29-61-52-47(54(25-31-59-32-28-57)51(58)38-17-18-38)35-45(53-64-48-16-8-11-30-60-48)43-33-39(14-6-9-26-55)42(15-7-10-27-56)49(50(43)52)44-34-41(23-24-46(44)63-52)62-40-21-19-37(20-22-40)36-12-4-3-5-13-36/h2-5,12-13,19-24,33-34,38-39,42,47-50,55-57H,1,6-11,14-18,25-32,35H2/t39-,42+,47-,48?,49+,50+,52+/m0/s1. The monoisotopic (exact) mass is 878 g/mol. The van der Waals surface area contributed by atoms with Crippen LogP contribution < -0.4 is 9.47 Å². The molecule has 344 valence electrons. The third-order valence-corrected chi connectivity index (χ3v) is 13.6. The normalized spacial score (nSPS) is 26.5. The molecule has 2 saturated carbocycles. The first-order chi connectivity index (χ1) is 31.5. The fourth-order valence-corrected chi connectivity index (χ4v) is 10.4. The maximum atomic E-state index is 14.6. The number of amides is 1. The molecule has 2 heterocycles. The van der Waals surface area contributed by atoms with Crippen molar-refractivity contribution in [1.29, 1.82) is 0 Å². The quantitative estimate of drug-likeness (QED) is 0.0481. The Morgan fingerprint density at radius 2 is 1.64 bits per heavy atom. The SMILES string of the molecule is C=CCO[C@@]12Oc3ccc(Oc4ccc(-c5ccccc5)cc4)cc3[C@H]3[C@H](CCCCO)[C@@H](CCCCO)C=C(C(=NOC4CCCCO4)C[C@@H]1N(CCOCCO)C(=O)C1CC1)[C@H]32. The summed E-state index contributed by atoms with van der Waals surface area (Å²) in [5.41, 5.74) is 4.91. The van der Waals surface area contributed by atoms with E-state index >= 15 is 0 Å². The zero-order valence-electron chi connectivity index (χ0n) is 37.1. The van der Waals surface area contributed by atoms with Crippen LogP contribution in [0.4, 0.5) is 0 Å². The molecule has 1 saturated heterocycles. The van der Waals surface area contributed by atoms with Crippen LogP contribution in [0.1, 0.15) is 88.5 Å². The number of ether oxygens (including phenoxy) is 5. The summed E-state index contributed by atoms with van der Waals surface area (Å²) in [7, 11) is 0. The fourth-order valence-electron chi connectivity index (χ4n) is 10.4. The number of rotatable bonds is 23. The molecule has 3 aromatic rings. The zero-order valence-corrected chi connectivity index (χ0v) is 37.1. The number of benzene rings is 3. The van der Waals surface area contributed by atoms with Crippen molar-refractivity contribution in [3.05, 3.63) is 103 Å². The Labute approximate surface area is 377 Å². The van der Waals surface area contributed by atoms with Crippen LogP contribution in [0.25, 0.3) is 11.1 Å². The Morgan fingerprint density at radius 1 is 0.875 bits per heavy atom. The summed E-state index contributed by atoms with van der Waals surface area (Å²) >= 11 is 0. The van der Waals surface area contributed by atoms with E-state index in [0.717, 1.165) is 85.8 Å². The largest absolute Gasteiger partial charge is 0.459 e. The first-order valence-corrected chi connectivity index (χ1v) is 23.7. The number of unbranched alkanes of at least 4 members (excludes halogenated alkanes) is 2. The molecule has 7 atom stereocenters. The van der Waals surface area contributed by atoms with Crippen molar-refractivity contribution in [2.75, 3.05) is 52.8 Å². The van der Waals surface area contributed by atoms with Crippen LogP contribution in [0.2, 0.25) is 0 Å². The second kappa shape index (κ2) is 22.1. The highest BCUT2D eigenvalue weighted by Gasteiger charge is 2.66. The maximum absolute atomic E-state index is 14.6. The number of aliphatic hydroxyl groups is 3. The number of fused-ring (bicyclic) bond motifs is 2. The molecular formula is C52H66N2O10. The summed E-state index contributed by atoms with van der Waals surface area (Å²) in [6.07, 6.45) is 12.9. The molecule has 0 aromatic heterocycles. The molecule has 1 unspecified atom stereocenters. The van der Waals surface area contributed by atoms with Gasteiger partial charge < -0.3 is 48.7 Å². The van der Waals surface area contributed by atoms with E-state index in [9.17, 15) is 20.1 Å². The molecule has 64 heavy (non-hydrogen) atoms. The molecule has 0 bridgehead atoms. The van der Waals surface area contributed by atoms with Gasteiger partial charge in [-0.05, 0) is 110 Å². The minimum Gasteiger partial charge on any atom is -0.459 e. The van der Waals surface area contributed by atoms with Gasteiger partial charge in [-0.2, -0.15) is 0 Å². The van der Waals surface area contributed by atoms with Crippen molar-refractivity contribution in [3.8, 4) is 28.4 Å². The minimum atomic E-state index is -1.37. The lowest BCUT2D eigenvalue weighted by atomic mass is 9.55. The smallest absolute Gasteiger partial charge is 0.239 e. The minimum absolute atomic E-state index is 0.0210. The lowest BCUT2D eigenvalue weighted by Crippen LogP contribution is -2.70. The van der Waals surface area contributed by atoms with Crippen LogP contribution in [0.5, 0.6) is 17.2 Å². The van der Waals surface area contributed by atoms with Crippen molar-refractivity contribution in [1.82, 2.24) is 4.90 Å². The van der Waals surface area contributed by atoms with E-state index in [0.29, 0.717) is 43.1 Å². The zero-order chi connectivity index (χ0) is 44.3. The van der Waals surface area contributed by atoms with Crippen molar-refractivity contribution >= 4 is 11.6 Å². The number of hydrogen-bond donors (Lipinski definition) is 3. The molecule has 5 aliphatic rings. The Balaban J connectivity index is 1.27. The lowest BCUT2D eigenvalue weighted by Gasteiger charge is -2.60. The van der Waals surface area contributed by atoms with E-state index in [2.05, 4.69) is 43.0 Å². The maximum Gasteiger partial charge on any atom is 0.239 e. The second-order valence-electron chi connectivity index (χ2n) is 17.8. The van der Waals surface area contributed by atoms with E-state index in [4.69, 9.17) is 33.7 Å². The van der Waals surface area contributed by atoms with Crippen molar-refractivity contribution in [2.45, 2.75) is 101 Å². The number of allylic oxidation sites excluding steroid dienone is 1. The van der Waals surface area contributed by atoms with Crippen molar-refractivity contribution < 1.29 is 48.6 Å². The van der Waals surface area contributed by atoms with Crippen LogP contribution in [-0.2, 0) is 23.8 Å². The number of hydrogen-bond acceptors (Lipinski definition) is 11. The topological polar surface area (TPSA) is 149 Å². The molecule has 3 aliphatic carbocycles. The number of carbonyl (C=O) groups excluding carboxylic acids is 1. The van der Waals surface area contributed by atoms with Crippen LogP contribution >= 0.6 is 0 Å². The second-order valence-corrected chi connectivity index (χ2v) is 17.8. The summed E-state index contributed by atoms with van der Waals surface area (Å²) in [6, 6.07) is 23.7. The first kappa shape index (κ1) is 46.0. The van der Waals surface area contributed by atoms with E-state index in [-0.39, 0.29) is 75.8 Å². The molecule has 12 nitrogen and oxygen atoms in total. The molecule has 0 radical (unpaired) electrons. The summed E-state index contributed by atoms with van der Waals surface area (Å²) in [4.78, 5) is 22.8. The van der Waals surface area contributed by atoms with Crippen LogP contribution in [-0.4, -0.2) is 103 Å². The van der Waals surface area contributed by atoms with E-state index < -0.39 is 24.0 Å². The highest BCUT2D eigenvalue weighted by Crippen LogP contribution is 2.62. The van der Waals surface area contributed by atoms with Gasteiger partial charge in [0.1, 0.15) is 23.3 Å². The van der Waals surface area contributed by atoms with Crippen LogP contribution in [0.15, 0.2) is 102 Å². The molecular weight excluding hydrogens is 813 g/mol. The predicted molar refractivity (Wildman–Crippen MR) is 244 cm³/mol. The summed E-state index contributed by atoms with van der Waals surface area (Å²) < 4.78 is 33.0. The van der Waals surface area contributed by atoms with Crippen molar-refractivity contribution in [3.63, 3.8) is 0 Å². The molecule has 2 aliphatic heterocycles. The van der Waals surface area contributed by atoms with Crippen LogP contribution in [0, 0.1) is 23.7 Å². The lowest BCUT2D eigenvalue weighted by molar-refractivity contribution is -0.258. The average molecular weight is 879 g/mol. The number of oxime groups is 1. The van der Waals surface area contributed by atoms with E-state index in [1.54, 1.807) is 6.08 Å². The molecule has 1 amide bonds. The van der Waals surface area contributed by atoms with Gasteiger partial charge in [-0.25, -0.2) is 0 Å². The van der Waals surface area contributed by atoms with E-state index in [1.165, 1.54) is 0 Å². The Kier molecular flexibility index (Phi) is 15.9. The van der Waals surface area contributed by atoms with Crippen molar-refractivity contribution in [2.24, 2.45) is 28.8 Å². The third kappa shape index (κ3) is 10.4. The third-order valence-electron chi connectivity index (χ3n) is 13.6. The Bertz CT molecular complexity index is 2050. The van der Waals surface area contributed by atoms with E-state index in [1.807, 2.05) is 47.4 Å². The number of aliphatic hydroxyl groups excluding tert-OH is 3. The predicted octanol–water partition coefficient (Wildman–Crippen LogP) is 8.55. The van der Waals surface area contributed by atoms with Gasteiger partial charge in [0.2, 0.25) is 18.0 Å². The van der Waals surface area contributed by atoms with Gasteiger partial charge in [0, 0.05) is 50.0 Å². The van der Waals surface area contributed by atoms with Gasteiger partial charge in [0.05, 0.1) is 44.7 Å². The highest BCUT2D eigenvalue weighted by molar-refractivity contribution is 6.03. The Morgan fingerprint density at radius 3 is 2.36 bits per heavy atom. The van der Waals surface area contributed by atoms with Gasteiger partial charge >= 0.3 is 0 Å². The van der Waals surface area contributed by atoms with Crippen LogP contribution in [0.3, 0.4) is 0 Å². The summed E-state index contributed by atoms with van der Waals surface area (Å²) in [5.74, 6) is 0.0768. The van der Waals surface area contributed by atoms with Gasteiger partial charge in [0.25, 0.3) is 0 Å². The van der Waals surface area contributed by atoms with Gasteiger partial charge in [-0.15, -0.1) is 6.58 Å². The first-order valence-electron chi connectivity index (χ1n) is 23.7. The molecule has 3 fully saturated rings. The molecule has 3 aromatic carbocycles. The number of carbonyl (C=O) groups is 1. The average Bonchev–Trinajstić information content (AvgIpc) is 4.19. The molecule has 0 spiro atoms. The number of nitrogens with zero attached hydrogens (tertiary/aromatic N) is 2. The highest BCUT2D eigenvalue weighted by atomic mass is 16.8. The summed E-state index contributed by atoms with van der Waals surface area (Å²) in [6.45, 7) is 5.58. The molecule has 12 heteroatoms. The van der Waals surface area contributed by atoms with Gasteiger partial charge in [0.15, 0.2) is 0 Å². The fraction of sp³-hybridized carbons (Fsp3) is 0.538. The van der Waals surface area contributed by atoms with Gasteiger partial charge in [-0.3, -0.25) is 4.79 Å². The molecule has 8 rings (SSSR count). The summed E-state index contributed by atoms with van der Waals surface area (Å²) in [5, 5.41) is 34.5. The molecule has 3 N–H and O–H groups in total. The Hall–Kier alpha value is -4.56. The van der Waals surface area contributed by atoms with Gasteiger partial charge in [-0.1, -0.05) is 72.6 Å².